The molecule has 0 saturated heterocycles. The maximum absolute atomic E-state index is 5.98. The summed E-state index contributed by atoms with van der Waals surface area (Å²) in [5.41, 5.74) is 1.09. The molecule has 0 amide bonds. The van der Waals surface area contributed by atoms with E-state index in [0.29, 0.717) is 11.3 Å². The monoisotopic (exact) mass is 229 g/mol. The Kier molecular flexibility index (Phi) is 5.81. The molecule has 1 heterocycles. The molecule has 1 N–H and O–H groups in total. The normalized spacial score (nSPS) is 13.0. The van der Waals surface area contributed by atoms with Gasteiger partial charge in [-0.05, 0) is 30.6 Å². The quantitative estimate of drug-likeness (QED) is 0.711. The first-order chi connectivity index (χ1) is 7.29. The summed E-state index contributed by atoms with van der Waals surface area (Å²) in [6, 6.07) is 2.30. The smallest absolute Gasteiger partial charge is 0.197 e. The van der Waals surface area contributed by atoms with E-state index in [4.69, 9.17) is 16.0 Å². The van der Waals surface area contributed by atoms with Crippen molar-refractivity contribution in [3.8, 4) is 0 Å². The Morgan fingerprint density at radius 2 is 2.20 bits per heavy atom. The van der Waals surface area contributed by atoms with Crippen molar-refractivity contribution in [3.63, 3.8) is 0 Å². The molecule has 86 valence electrons. The van der Waals surface area contributed by atoms with Crippen molar-refractivity contribution in [1.29, 1.82) is 0 Å². The Bertz CT molecular complexity index is 272. The average Bonchev–Trinajstić information content (AvgIpc) is 2.64. The summed E-state index contributed by atoms with van der Waals surface area (Å²) in [6.45, 7) is 5.28. The maximum Gasteiger partial charge on any atom is 0.197 e. The Balaban J connectivity index is 2.53. The van der Waals surface area contributed by atoms with E-state index in [9.17, 15) is 0 Å². The highest BCUT2D eigenvalue weighted by Gasteiger charge is 2.15. The molecule has 0 bridgehead atoms. The van der Waals surface area contributed by atoms with E-state index < -0.39 is 0 Å². The molecule has 0 aliphatic carbocycles. The van der Waals surface area contributed by atoms with Gasteiger partial charge in [-0.15, -0.1) is 0 Å². The minimum absolute atomic E-state index is 0.341. The predicted octanol–water partition coefficient (Wildman–Crippen LogP) is 4.16. The van der Waals surface area contributed by atoms with Gasteiger partial charge in [0.15, 0.2) is 5.22 Å². The predicted molar refractivity (Wildman–Crippen MR) is 64.3 cm³/mol. The second kappa shape index (κ2) is 6.91. The van der Waals surface area contributed by atoms with Crippen molar-refractivity contribution in [2.75, 3.05) is 6.54 Å². The van der Waals surface area contributed by atoms with Crippen LogP contribution in [0.1, 0.15) is 51.1 Å². The number of halogens is 1. The fourth-order valence-corrected chi connectivity index (χ4v) is 2.01. The summed E-state index contributed by atoms with van der Waals surface area (Å²) in [4.78, 5) is 0. The zero-order chi connectivity index (χ0) is 11.1. The molecule has 0 fully saturated rings. The highest BCUT2D eigenvalue weighted by atomic mass is 35.5. The Hall–Kier alpha value is -0.470. The zero-order valence-corrected chi connectivity index (χ0v) is 10.3. The summed E-state index contributed by atoms with van der Waals surface area (Å²) in [5, 5.41) is 3.97. The van der Waals surface area contributed by atoms with E-state index in [0.717, 1.165) is 18.5 Å². The molecule has 1 aromatic rings. The van der Waals surface area contributed by atoms with E-state index in [-0.39, 0.29) is 0 Å². The van der Waals surface area contributed by atoms with Crippen LogP contribution in [0.15, 0.2) is 16.7 Å². The number of furan rings is 1. The summed E-state index contributed by atoms with van der Waals surface area (Å²) >= 11 is 5.98. The van der Waals surface area contributed by atoms with Crippen molar-refractivity contribution in [1.82, 2.24) is 5.32 Å². The number of nitrogens with one attached hydrogen (secondary N) is 1. The molecular weight excluding hydrogens is 210 g/mol. The fourth-order valence-electron chi connectivity index (χ4n) is 1.77. The molecule has 2 nitrogen and oxygen atoms in total. The van der Waals surface area contributed by atoms with Crippen LogP contribution in [0.3, 0.4) is 0 Å². The number of unbranched alkanes of at least 4 members (excludes halogenated alkanes) is 2. The molecule has 1 rings (SSSR count). The van der Waals surface area contributed by atoms with Crippen LogP contribution < -0.4 is 5.32 Å². The van der Waals surface area contributed by atoms with E-state index in [2.05, 4.69) is 19.2 Å². The molecule has 0 spiro atoms. The number of hydrogen-bond acceptors (Lipinski definition) is 2. The topological polar surface area (TPSA) is 25.2 Å². The third kappa shape index (κ3) is 3.88. The molecular formula is C12H20ClNO. The zero-order valence-electron chi connectivity index (χ0n) is 9.55. The molecule has 0 aliphatic heterocycles. The molecule has 1 unspecified atom stereocenters. The van der Waals surface area contributed by atoms with Crippen molar-refractivity contribution in [2.45, 2.75) is 45.6 Å². The minimum atomic E-state index is 0.341. The fraction of sp³-hybridized carbons (Fsp3) is 0.667. The van der Waals surface area contributed by atoms with Gasteiger partial charge < -0.3 is 9.73 Å². The second-order valence-corrected chi connectivity index (χ2v) is 4.10. The lowest BCUT2D eigenvalue weighted by molar-refractivity contribution is 0.478. The van der Waals surface area contributed by atoms with E-state index in [1.54, 1.807) is 6.26 Å². The summed E-state index contributed by atoms with van der Waals surface area (Å²) < 4.78 is 5.12. The van der Waals surface area contributed by atoms with E-state index >= 15 is 0 Å². The highest BCUT2D eigenvalue weighted by Crippen LogP contribution is 2.27. The Morgan fingerprint density at radius 1 is 1.40 bits per heavy atom. The first-order valence-electron chi connectivity index (χ1n) is 5.75. The first-order valence-corrected chi connectivity index (χ1v) is 6.13. The molecule has 0 saturated carbocycles. The van der Waals surface area contributed by atoms with Gasteiger partial charge in [0.05, 0.1) is 6.26 Å². The molecule has 0 aromatic carbocycles. The van der Waals surface area contributed by atoms with Gasteiger partial charge >= 0.3 is 0 Å². The van der Waals surface area contributed by atoms with Gasteiger partial charge in [0.25, 0.3) is 0 Å². The molecule has 3 heteroatoms. The molecule has 15 heavy (non-hydrogen) atoms. The molecule has 1 aromatic heterocycles. The second-order valence-electron chi connectivity index (χ2n) is 3.76. The van der Waals surface area contributed by atoms with Crippen LogP contribution in [0.2, 0.25) is 5.22 Å². The third-order valence-corrected chi connectivity index (χ3v) is 2.88. The Labute approximate surface area is 97.0 Å². The highest BCUT2D eigenvalue weighted by molar-refractivity contribution is 6.29. The van der Waals surface area contributed by atoms with Crippen LogP contribution >= 0.6 is 11.6 Å². The number of hydrogen-bond donors (Lipinski definition) is 1. The van der Waals surface area contributed by atoms with Gasteiger partial charge in [-0.25, -0.2) is 0 Å². The molecule has 0 radical (unpaired) electrons. The summed E-state index contributed by atoms with van der Waals surface area (Å²) in [5.74, 6) is 0. The summed E-state index contributed by atoms with van der Waals surface area (Å²) in [6.07, 6.45) is 6.54. The van der Waals surface area contributed by atoms with Crippen molar-refractivity contribution in [3.05, 3.63) is 23.1 Å². The van der Waals surface area contributed by atoms with Crippen molar-refractivity contribution in [2.24, 2.45) is 0 Å². The van der Waals surface area contributed by atoms with Crippen LogP contribution in [0.4, 0.5) is 0 Å². The average molecular weight is 230 g/mol. The minimum Gasteiger partial charge on any atom is -0.453 e. The standard InChI is InChI=1S/C12H20ClNO/c1-3-5-6-7-11(14-4-2)10-8-9-15-12(10)13/h8-9,11,14H,3-7H2,1-2H3. The largest absolute Gasteiger partial charge is 0.453 e. The van der Waals surface area contributed by atoms with Crippen LogP contribution in [-0.4, -0.2) is 6.54 Å². The van der Waals surface area contributed by atoms with Crippen molar-refractivity contribution >= 4 is 11.6 Å². The molecule has 0 aliphatic rings. The number of rotatable bonds is 7. The van der Waals surface area contributed by atoms with Gasteiger partial charge in [0, 0.05) is 11.6 Å². The van der Waals surface area contributed by atoms with Crippen LogP contribution in [0.5, 0.6) is 0 Å². The van der Waals surface area contributed by atoms with Crippen molar-refractivity contribution < 1.29 is 4.42 Å². The van der Waals surface area contributed by atoms with Gasteiger partial charge in [0.1, 0.15) is 0 Å². The SMILES string of the molecule is CCCCCC(NCC)c1ccoc1Cl. The molecule has 1 atom stereocenters. The van der Waals surface area contributed by atoms with Gasteiger partial charge in [-0.1, -0.05) is 33.1 Å². The first kappa shape index (κ1) is 12.6. The van der Waals surface area contributed by atoms with Gasteiger partial charge in [0.2, 0.25) is 0 Å². The lowest BCUT2D eigenvalue weighted by atomic mass is 10.0. The summed E-state index contributed by atoms with van der Waals surface area (Å²) in [7, 11) is 0. The lowest BCUT2D eigenvalue weighted by Gasteiger charge is -2.16. The lowest BCUT2D eigenvalue weighted by Crippen LogP contribution is -2.20. The third-order valence-electron chi connectivity index (χ3n) is 2.57. The van der Waals surface area contributed by atoms with E-state index in [1.807, 2.05) is 6.07 Å². The van der Waals surface area contributed by atoms with Gasteiger partial charge in [-0.3, -0.25) is 0 Å². The maximum atomic E-state index is 5.98. The van der Waals surface area contributed by atoms with E-state index in [1.165, 1.54) is 19.3 Å². The van der Waals surface area contributed by atoms with Crippen LogP contribution in [0, 0.1) is 0 Å². The Morgan fingerprint density at radius 3 is 2.73 bits per heavy atom. The van der Waals surface area contributed by atoms with Crippen LogP contribution in [0.25, 0.3) is 0 Å². The van der Waals surface area contributed by atoms with Crippen LogP contribution in [-0.2, 0) is 0 Å². The van der Waals surface area contributed by atoms with Gasteiger partial charge in [-0.2, -0.15) is 0 Å².